The Morgan fingerprint density at radius 1 is 1.23 bits per heavy atom. The van der Waals surface area contributed by atoms with E-state index in [1.54, 1.807) is 19.3 Å². The zero-order valence-corrected chi connectivity index (χ0v) is 15.8. The molecule has 1 unspecified atom stereocenters. The van der Waals surface area contributed by atoms with Gasteiger partial charge in [0.1, 0.15) is 5.69 Å². The van der Waals surface area contributed by atoms with Crippen LogP contribution in [0.2, 0.25) is 0 Å². The number of aryl methyl sites for hydroxylation is 1. The van der Waals surface area contributed by atoms with Crippen LogP contribution in [0.5, 0.6) is 0 Å². The Labute approximate surface area is 154 Å². The lowest BCUT2D eigenvalue weighted by Crippen LogP contribution is -2.35. The summed E-state index contributed by atoms with van der Waals surface area (Å²) < 4.78 is 0. The molecule has 0 spiro atoms. The third kappa shape index (κ3) is 3.43. The van der Waals surface area contributed by atoms with Gasteiger partial charge in [0.05, 0.1) is 6.04 Å². The summed E-state index contributed by atoms with van der Waals surface area (Å²) in [5.74, 6) is 0.0114. The van der Waals surface area contributed by atoms with Gasteiger partial charge in [0.2, 0.25) is 0 Å². The Morgan fingerprint density at radius 2 is 1.96 bits per heavy atom. The van der Waals surface area contributed by atoms with Gasteiger partial charge in [-0.1, -0.05) is 19.8 Å². The fourth-order valence-electron chi connectivity index (χ4n) is 4.12. The maximum absolute atomic E-state index is 13.5. The minimum absolute atomic E-state index is 0.00108. The fourth-order valence-corrected chi connectivity index (χ4v) is 4.12. The van der Waals surface area contributed by atoms with E-state index >= 15 is 0 Å². The monoisotopic (exact) mass is 353 g/mol. The number of hydrogen-bond acceptors (Lipinski definition) is 3. The third-order valence-electron chi connectivity index (χ3n) is 5.32. The molecule has 0 saturated carbocycles. The van der Waals surface area contributed by atoms with E-state index in [9.17, 15) is 9.59 Å². The van der Waals surface area contributed by atoms with E-state index in [4.69, 9.17) is 0 Å². The van der Waals surface area contributed by atoms with Gasteiger partial charge in [-0.05, 0) is 56.4 Å². The molecule has 0 bridgehead atoms. The topological polar surface area (TPSA) is 66.1 Å². The van der Waals surface area contributed by atoms with Crippen LogP contribution in [0.25, 0.3) is 0 Å². The molecule has 1 amide bonds. The Bertz CT molecular complexity index is 795. The van der Waals surface area contributed by atoms with Crippen LogP contribution in [0.4, 0.5) is 0 Å². The molecule has 1 atom stereocenters. The van der Waals surface area contributed by atoms with Crippen molar-refractivity contribution < 1.29 is 9.59 Å². The first-order valence-corrected chi connectivity index (χ1v) is 9.47. The molecule has 3 rings (SSSR count). The summed E-state index contributed by atoms with van der Waals surface area (Å²) in [5.41, 5.74) is 4.01. The number of nitrogens with zero attached hydrogens (tertiary/aromatic N) is 2. The summed E-state index contributed by atoms with van der Waals surface area (Å²) >= 11 is 0. The number of carbonyl (C=O) groups excluding carboxylic acids is 2. The highest BCUT2D eigenvalue weighted by Crippen LogP contribution is 2.32. The highest BCUT2D eigenvalue weighted by Gasteiger charge is 2.31. The van der Waals surface area contributed by atoms with Gasteiger partial charge < -0.3 is 9.88 Å². The molecule has 1 aliphatic heterocycles. The first-order chi connectivity index (χ1) is 12.5. The van der Waals surface area contributed by atoms with Crippen molar-refractivity contribution in [1.29, 1.82) is 0 Å². The lowest BCUT2D eigenvalue weighted by atomic mass is 10.00. The smallest absolute Gasteiger partial charge is 0.271 e. The number of ketones is 1. The van der Waals surface area contributed by atoms with E-state index in [0.717, 1.165) is 49.0 Å². The number of hydrogen-bond donors (Lipinski definition) is 1. The van der Waals surface area contributed by atoms with Crippen LogP contribution in [0, 0.1) is 6.92 Å². The van der Waals surface area contributed by atoms with E-state index in [0.29, 0.717) is 17.7 Å². The first-order valence-electron chi connectivity index (χ1n) is 9.47. The second-order valence-corrected chi connectivity index (χ2v) is 7.03. The number of nitrogens with one attached hydrogen (secondary N) is 1. The van der Waals surface area contributed by atoms with Crippen LogP contribution < -0.4 is 0 Å². The van der Waals surface area contributed by atoms with Gasteiger partial charge in [0, 0.05) is 30.2 Å². The SMILES string of the molecule is CCc1c(C(=O)N2CCCCCC2c2ccncc2)[nH]c(C)c1C(C)=O. The highest BCUT2D eigenvalue weighted by atomic mass is 16.2. The minimum atomic E-state index is 0.00108. The zero-order chi connectivity index (χ0) is 18.7. The number of Topliss-reactive ketones (excluding diaryl/α,β-unsaturated/α-hetero) is 1. The molecule has 26 heavy (non-hydrogen) atoms. The van der Waals surface area contributed by atoms with Crippen LogP contribution in [-0.2, 0) is 6.42 Å². The molecule has 5 heteroatoms. The molecule has 1 fully saturated rings. The maximum Gasteiger partial charge on any atom is 0.271 e. The predicted octanol–water partition coefficient (Wildman–Crippen LogP) is 4.24. The summed E-state index contributed by atoms with van der Waals surface area (Å²) in [5, 5.41) is 0. The van der Waals surface area contributed by atoms with E-state index < -0.39 is 0 Å². The molecule has 1 N–H and O–H groups in total. The third-order valence-corrected chi connectivity index (χ3v) is 5.32. The number of amides is 1. The Kier molecular flexibility index (Phi) is 5.55. The van der Waals surface area contributed by atoms with Crippen LogP contribution in [0.1, 0.15) is 83.2 Å². The molecule has 1 aliphatic rings. The van der Waals surface area contributed by atoms with Crippen LogP contribution >= 0.6 is 0 Å². The van der Waals surface area contributed by atoms with Gasteiger partial charge in [-0.2, -0.15) is 0 Å². The summed E-state index contributed by atoms with van der Waals surface area (Å²) in [6.45, 7) is 6.17. The van der Waals surface area contributed by atoms with Crippen LogP contribution in [0.15, 0.2) is 24.5 Å². The van der Waals surface area contributed by atoms with Crippen LogP contribution in [-0.4, -0.2) is 33.1 Å². The number of H-pyrrole nitrogens is 1. The number of likely N-dealkylation sites (tertiary alicyclic amines) is 1. The average molecular weight is 353 g/mol. The van der Waals surface area contributed by atoms with Gasteiger partial charge >= 0.3 is 0 Å². The Balaban J connectivity index is 2.01. The Hall–Kier alpha value is -2.43. The average Bonchev–Trinajstić information content (AvgIpc) is 2.81. The summed E-state index contributed by atoms with van der Waals surface area (Å²) in [6.07, 6.45) is 8.44. The lowest BCUT2D eigenvalue weighted by Gasteiger charge is -2.30. The molecular weight excluding hydrogens is 326 g/mol. The standard InChI is InChI=1S/C21H27N3O2/c1-4-17-19(15(3)25)14(2)23-20(17)21(26)24-13-7-5-6-8-18(24)16-9-11-22-12-10-16/h9-12,18,23H,4-8,13H2,1-3H3. The second-order valence-electron chi connectivity index (χ2n) is 7.03. The molecule has 3 heterocycles. The number of carbonyl (C=O) groups is 2. The van der Waals surface area contributed by atoms with Crippen molar-refractivity contribution in [2.75, 3.05) is 6.54 Å². The quantitative estimate of drug-likeness (QED) is 0.836. The fraction of sp³-hybridized carbons (Fsp3) is 0.476. The van der Waals surface area contributed by atoms with Crippen molar-refractivity contribution in [2.45, 2.75) is 58.9 Å². The number of rotatable bonds is 4. The summed E-state index contributed by atoms with van der Waals surface area (Å²) in [6, 6.07) is 4.05. The van der Waals surface area contributed by atoms with Crippen molar-refractivity contribution in [1.82, 2.24) is 14.9 Å². The molecule has 5 nitrogen and oxygen atoms in total. The van der Waals surface area contributed by atoms with Crippen molar-refractivity contribution in [3.63, 3.8) is 0 Å². The van der Waals surface area contributed by atoms with Gasteiger partial charge in [-0.15, -0.1) is 0 Å². The second kappa shape index (κ2) is 7.85. The van der Waals surface area contributed by atoms with E-state index in [1.165, 1.54) is 0 Å². The van der Waals surface area contributed by atoms with Crippen molar-refractivity contribution in [3.8, 4) is 0 Å². The van der Waals surface area contributed by atoms with Crippen LogP contribution in [0.3, 0.4) is 0 Å². The number of aromatic nitrogens is 2. The highest BCUT2D eigenvalue weighted by molar-refractivity contribution is 6.02. The van der Waals surface area contributed by atoms with Crippen molar-refractivity contribution in [3.05, 3.63) is 52.6 Å². The first kappa shape index (κ1) is 18.4. The van der Waals surface area contributed by atoms with Gasteiger partial charge in [-0.3, -0.25) is 14.6 Å². The van der Waals surface area contributed by atoms with E-state index in [2.05, 4.69) is 9.97 Å². The molecule has 0 aliphatic carbocycles. The van der Waals surface area contributed by atoms with Gasteiger partial charge in [0.25, 0.3) is 5.91 Å². The largest absolute Gasteiger partial charge is 0.354 e. The van der Waals surface area contributed by atoms with Crippen molar-refractivity contribution in [2.24, 2.45) is 0 Å². The molecule has 1 saturated heterocycles. The molecule has 2 aromatic heterocycles. The minimum Gasteiger partial charge on any atom is -0.354 e. The van der Waals surface area contributed by atoms with E-state index in [1.807, 2.05) is 30.9 Å². The number of aromatic amines is 1. The Morgan fingerprint density at radius 3 is 2.62 bits per heavy atom. The summed E-state index contributed by atoms with van der Waals surface area (Å²) in [7, 11) is 0. The van der Waals surface area contributed by atoms with E-state index in [-0.39, 0.29) is 17.7 Å². The van der Waals surface area contributed by atoms with Gasteiger partial charge in [0.15, 0.2) is 5.78 Å². The molecule has 0 radical (unpaired) electrons. The molecule has 0 aromatic carbocycles. The summed E-state index contributed by atoms with van der Waals surface area (Å²) in [4.78, 5) is 34.8. The zero-order valence-electron chi connectivity index (χ0n) is 15.8. The lowest BCUT2D eigenvalue weighted by molar-refractivity contribution is 0.0674. The number of pyridine rings is 1. The molecule has 138 valence electrons. The molecule has 2 aromatic rings. The van der Waals surface area contributed by atoms with Crippen molar-refractivity contribution >= 4 is 11.7 Å². The normalized spacial score (nSPS) is 17.8. The molecular formula is C21H27N3O2. The van der Waals surface area contributed by atoms with Gasteiger partial charge in [-0.25, -0.2) is 0 Å². The predicted molar refractivity (Wildman–Crippen MR) is 101 cm³/mol. The maximum atomic E-state index is 13.5.